The zero-order valence-electron chi connectivity index (χ0n) is 12.1. The molecule has 1 aromatic carbocycles. The summed E-state index contributed by atoms with van der Waals surface area (Å²) in [5, 5.41) is 10.0. The standard InChI is InChI=1S/C15H23NO3/c1-10-8-16(9-11(2)19-10)13-6-5-7-14(18-4)15(13)12(3)17/h5-7,10-12,17H,8-9H2,1-4H3/t10-,11+,12-/m0/s1. The van der Waals surface area contributed by atoms with E-state index in [1.54, 1.807) is 14.0 Å². The van der Waals surface area contributed by atoms with Crippen molar-refractivity contribution in [2.75, 3.05) is 25.1 Å². The molecule has 1 aliphatic rings. The Bertz CT molecular complexity index is 423. The maximum absolute atomic E-state index is 10.0. The first kappa shape index (κ1) is 14.2. The largest absolute Gasteiger partial charge is 0.496 e. The molecule has 1 fully saturated rings. The molecule has 0 radical (unpaired) electrons. The molecule has 106 valence electrons. The van der Waals surface area contributed by atoms with Crippen LogP contribution in [0.15, 0.2) is 18.2 Å². The lowest BCUT2D eigenvalue weighted by molar-refractivity contribution is -0.00540. The van der Waals surface area contributed by atoms with Crippen LogP contribution in [0.5, 0.6) is 5.75 Å². The van der Waals surface area contributed by atoms with E-state index in [4.69, 9.17) is 9.47 Å². The number of rotatable bonds is 3. The van der Waals surface area contributed by atoms with Crippen LogP contribution in [0.25, 0.3) is 0 Å². The van der Waals surface area contributed by atoms with Gasteiger partial charge in [-0.2, -0.15) is 0 Å². The fourth-order valence-corrected chi connectivity index (χ4v) is 2.78. The molecule has 1 heterocycles. The second kappa shape index (κ2) is 5.80. The van der Waals surface area contributed by atoms with Crippen LogP contribution in [0.3, 0.4) is 0 Å². The summed E-state index contributed by atoms with van der Waals surface area (Å²) in [5.74, 6) is 0.735. The van der Waals surface area contributed by atoms with Gasteiger partial charge in [-0.25, -0.2) is 0 Å². The average Bonchev–Trinajstić information content (AvgIpc) is 2.36. The van der Waals surface area contributed by atoms with Gasteiger partial charge in [-0.05, 0) is 32.9 Å². The van der Waals surface area contributed by atoms with Crippen molar-refractivity contribution in [2.45, 2.75) is 39.1 Å². The van der Waals surface area contributed by atoms with Crippen LogP contribution in [0.1, 0.15) is 32.4 Å². The zero-order chi connectivity index (χ0) is 14.0. The number of methoxy groups -OCH3 is 1. The highest BCUT2D eigenvalue weighted by molar-refractivity contribution is 5.60. The van der Waals surface area contributed by atoms with Gasteiger partial charge in [0.25, 0.3) is 0 Å². The smallest absolute Gasteiger partial charge is 0.126 e. The van der Waals surface area contributed by atoms with E-state index in [1.165, 1.54) is 0 Å². The quantitative estimate of drug-likeness (QED) is 0.911. The van der Waals surface area contributed by atoms with E-state index in [-0.39, 0.29) is 12.2 Å². The summed E-state index contributed by atoms with van der Waals surface area (Å²) in [4.78, 5) is 2.27. The average molecular weight is 265 g/mol. The molecule has 0 amide bonds. The summed E-state index contributed by atoms with van der Waals surface area (Å²) in [7, 11) is 1.63. The van der Waals surface area contributed by atoms with Crippen LogP contribution >= 0.6 is 0 Å². The summed E-state index contributed by atoms with van der Waals surface area (Å²) >= 11 is 0. The molecule has 1 N–H and O–H groups in total. The van der Waals surface area contributed by atoms with E-state index in [0.29, 0.717) is 0 Å². The fraction of sp³-hybridized carbons (Fsp3) is 0.600. The Kier molecular flexibility index (Phi) is 4.32. The molecule has 0 bridgehead atoms. The zero-order valence-corrected chi connectivity index (χ0v) is 12.1. The Labute approximate surface area is 114 Å². The number of benzene rings is 1. The lowest BCUT2D eigenvalue weighted by atomic mass is 10.0. The number of aliphatic hydroxyl groups is 1. The van der Waals surface area contributed by atoms with Crippen molar-refractivity contribution in [1.29, 1.82) is 0 Å². The van der Waals surface area contributed by atoms with Crippen LogP contribution < -0.4 is 9.64 Å². The van der Waals surface area contributed by atoms with Gasteiger partial charge in [-0.1, -0.05) is 6.07 Å². The number of morpholine rings is 1. The van der Waals surface area contributed by atoms with Crippen LogP contribution in [-0.4, -0.2) is 37.5 Å². The van der Waals surface area contributed by atoms with E-state index in [2.05, 4.69) is 18.7 Å². The molecule has 2 rings (SSSR count). The van der Waals surface area contributed by atoms with Gasteiger partial charge in [0, 0.05) is 24.3 Å². The number of nitrogens with zero attached hydrogens (tertiary/aromatic N) is 1. The maximum atomic E-state index is 10.0. The molecule has 19 heavy (non-hydrogen) atoms. The van der Waals surface area contributed by atoms with Gasteiger partial charge < -0.3 is 19.5 Å². The van der Waals surface area contributed by atoms with Gasteiger partial charge in [-0.15, -0.1) is 0 Å². The van der Waals surface area contributed by atoms with Crippen molar-refractivity contribution >= 4 is 5.69 Å². The topological polar surface area (TPSA) is 41.9 Å². The minimum absolute atomic E-state index is 0.191. The minimum atomic E-state index is -0.556. The molecule has 1 saturated heterocycles. The van der Waals surface area contributed by atoms with Crippen LogP contribution in [0, 0.1) is 0 Å². The normalized spacial score (nSPS) is 25.2. The van der Waals surface area contributed by atoms with Gasteiger partial charge in [0.2, 0.25) is 0 Å². The van der Waals surface area contributed by atoms with Crippen molar-refractivity contribution in [1.82, 2.24) is 0 Å². The third kappa shape index (κ3) is 3.01. The molecule has 0 saturated carbocycles. The highest BCUT2D eigenvalue weighted by Crippen LogP contribution is 2.35. The SMILES string of the molecule is COc1cccc(N2C[C@@H](C)O[C@@H](C)C2)c1[C@H](C)O. The minimum Gasteiger partial charge on any atom is -0.496 e. The van der Waals surface area contributed by atoms with Gasteiger partial charge in [0.1, 0.15) is 5.75 Å². The summed E-state index contributed by atoms with van der Waals surface area (Å²) in [6.45, 7) is 7.58. The van der Waals surface area contributed by atoms with E-state index in [1.807, 2.05) is 18.2 Å². The number of anilines is 1. The van der Waals surface area contributed by atoms with Gasteiger partial charge in [0.05, 0.1) is 25.4 Å². The van der Waals surface area contributed by atoms with Crippen LogP contribution in [0.2, 0.25) is 0 Å². The van der Waals surface area contributed by atoms with E-state index in [9.17, 15) is 5.11 Å². The summed E-state index contributed by atoms with van der Waals surface area (Å²) in [6.07, 6.45) is -0.173. The molecule has 0 aromatic heterocycles. The number of hydrogen-bond acceptors (Lipinski definition) is 4. The molecule has 3 atom stereocenters. The Morgan fingerprint density at radius 3 is 2.47 bits per heavy atom. The lowest BCUT2D eigenvalue weighted by Crippen LogP contribution is -2.45. The third-order valence-corrected chi connectivity index (χ3v) is 3.44. The Morgan fingerprint density at radius 2 is 1.95 bits per heavy atom. The number of hydrogen-bond donors (Lipinski definition) is 1. The highest BCUT2D eigenvalue weighted by atomic mass is 16.5. The van der Waals surface area contributed by atoms with Gasteiger partial charge in [0.15, 0.2) is 0 Å². The van der Waals surface area contributed by atoms with E-state index in [0.717, 1.165) is 30.1 Å². The molecular weight excluding hydrogens is 242 g/mol. The highest BCUT2D eigenvalue weighted by Gasteiger charge is 2.26. The first-order valence-electron chi connectivity index (χ1n) is 6.78. The molecule has 4 nitrogen and oxygen atoms in total. The predicted octanol–water partition coefficient (Wildman–Crippen LogP) is 2.36. The third-order valence-electron chi connectivity index (χ3n) is 3.44. The van der Waals surface area contributed by atoms with Crippen molar-refractivity contribution in [3.63, 3.8) is 0 Å². The summed E-state index contributed by atoms with van der Waals surface area (Å²) < 4.78 is 11.1. The van der Waals surface area contributed by atoms with E-state index >= 15 is 0 Å². The van der Waals surface area contributed by atoms with Crippen LogP contribution in [0.4, 0.5) is 5.69 Å². The summed E-state index contributed by atoms with van der Waals surface area (Å²) in [5.41, 5.74) is 1.89. The molecule has 1 aliphatic heterocycles. The molecule has 0 unspecified atom stereocenters. The van der Waals surface area contributed by atoms with Crippen molar-refractivity contribution < 1.29 is 14.6 Å². The van der Waals surface area contributed by atoms with Gasteiger partial charge >= 0.3 is 0 Å². The molecule has 0 spiro atoms. The first-order chi connectivity index (χ1) is 9.02. The maximum Gasteiger partial charge on any atom is 0.126 e. The Morgan fingerprint density at radius 1 is 1.32 bits per heavy atom. The van der Waals surface area contributed by atoms with Crippen LogP contribution in [-0.2, 0) is 4.74 Å². The fourth-order valence-electron chi connectivity index (χ4n) is 2.78. The van der Waals surface area contributed by atoms with Crippen molar-refractivity contribution in [2.24, 2.45) is 0 Å². The molecular formula is C15H23NO3. The monoisotopic (exact) mass is 265 g/mol. The summed E-state index contributed by atoms with van der Waals surface area (Å²) in [6, 6.07) is 5.89. The predicted molar refractivity (Wildman–Crippen MR) is 75.8 cm³/mol. The first-order valence-corrected chi connectivity index (χ1v) is 6.78. The van der Waals surface area contributed by atoms with Gasteiger partial charge in [-0.3, -0.25) is 0 Å². The second-order valence-electron chi connectivity index (χ2n) is 5.23. The van der Waals surface area contributed by atoms with Crippen molar-refractivity contribution in [3.8, 4) is 5.75 Å². The Balaban J connectivity index is 2.38. The molecule has 1 aromatic rings. The molecule has 0 aliphatic carbocycles. The number of aliphatic hydroxyl groups excluding tert-OH is 1. The number of ether oxygens (including phenoxy) is 2. The second-order valence-corrected chi connectivity index (χ2v) is 5.23. The van der Waals surface area contributed by atoms with E-state index < -0.39 is 6.10 Å². The Hall–Kier alpha value is -1.26. The lowest BCUT2D eigenvalue weighted by Gasteiger charge is -2.38. The van der Waals surface area contributed by atoms with Crippen molar-refractivity contribution in [3.05, 3.63) is 23.8 Å². The molecule has 4 heteroatoms.